The van der Waals surface area contributed by atoms with E-state index in [1.54, 1.807) is 16.7 Å². The van der Waals surface area contributed by atoms with Gasteiger partial charge in [0.15, 0.2) is 0 Å². The fourth-order valence-electron chi connectivity index (χ4n) is 3.12. The van der Waals surface area contributed by atoms with E-state index in [4.69, 9.17) is 0 Å². The molecule has 1 atom stereocenters. The topological polar surface area (TPSA) is 0 Å². The molecule has 1 aromatic rings. The summed E-state index contributed by atoms with van der Waals surface area (Å²) in [5, 5.41) is 0. The van der Waals surface area contributed by atoms with Crippen LogP contribution >= 0.6 is 24.8 Å². The maximum absolute atomic E-state index is 2.56. The molecule has 0 saturated carbocycles. The van der Waals surface area contributed by atoms with E-state index < -0.39 is 18.9 Å². The van der Waals surface area contributed by atoms with Crippen LogP contribution in [0.15, 0.2) is 23.8 Å². The van der Waals surface area contributed by atoms with Crippen LogP contribution in [0, 0.1) is 0 Å². The van der Waals surface area contributed by atoms with Crippen molar-refractivity contribution >= 4 is 37.8 Å². The van der Waals surface area contributed by atoms with Crippen LogP contribution in [0.5, 0.6) is 0 Å². The molecule has 0 N–H and O–H groups in total. The van der Waals surface area contributed by atoms with Crippen molar-refractivity contribution in [1.29, 1.82) is 0 Å². The van der Waals surface area contributed by atoms with E-state index in [0.29, 0.717) is 5.92 Å². The van der Waals surface area contributed by atoms with Crippen molar-refractivity contribution in [2.75, 3.05) is 0 Å². The second-order valence-electron chi connectivity index (χ2n) is 6.31. The van der Waals surface area contributed by atoms with Crippen molar-refractivity contribution in [2.24, 2.45) is 0 Å². The maximum atomic E-state index is 2.56. The largest absolute Gasteiger partial charge is 0.147 e. The van der Waals surface area contributed by atoms with Gasteiger partial charge in [0.1, 0.15) is 0 Å². The quantitative estimate of drug-likeness (QED) is 0.624. The summed E-state index contributed by atoms with van der Waals surface area (Å²) in [5.41, 5.74) is 6.32. The summed E-state index contributed by atoms with van der Waals surface area (Å²) in [4.78, 5) is 0. The van der Waals surface area contributed by atoms with Gasteiger partial charge in [0.05, 0.1) is 0 Å². The number of hydrogen-bond acceptors (Lipinski definition) is 0. The van der Waals surface area contributed by atoms with Crippen molar-refractivity contribution < 1.29 is 18.9 Å². The Balaban J connectivity index is 0.00000162. The van der Waals surface area contributed by atoms with Crippen molar-refractivity contribution in [3.8, 4) is 0 Å². The Morgan fingerprint density at radius 1 is 1.16 bits per heavy atom. The fraction of sp³-hybridized carbons (Fsp3) is 0.467. The standard InChI is InChI=1S/C13H15.2CH3.2ClH.H2Si.Zr/c1-9(2)12-6-4-5-11-7-10(3)8-13(11)12;;;;;;/h4-9H,1-3H3;2*1H3;2*1H;1H2;. The van der Waals surface area contributed by atoms with Gasteiger partial charge in [-0.3, -0.25) is 0 Å². The van der Waals surface area contributed by atoms with Gasteiger partial charge in [-0.1, -0.05) is 0 Å². The van der Waals surface area contributed by atoms with Crippen molar-refractivity contribution in [3.05, 3.63) is 40.5 Å². The third-order valence-electron chi connectivity index (χ3n) is 3.72. The molecular weight excluding hydrogens is 370 g/mol. The number of rotatable bonds is 2. The molecule has 0 radical (unpaired) electrons. The van der Waals surface area contributed by atoms with Crippen LogP contribution < -0.4 is 0 Å². The number of benzene rings is 1. The molecule has 0 aliphatic heterocycles. The fourth-order valence-corrected chi connectivity index (χ4v) is 12.2. The number of halogens is 2. The van der Waals surface area contributed by atoms with E-state index in [2.05, 4.69) is 61.2 Å². The van der Waals surface area contributed by atoms with Gasteiger partial charge >= 0.3 is 112 Å². The van der Waals surface area contributed by atoms with Gasteiger partial charge in [-0.2, -0.15) is 0 Å². The molecule has 1 aliphatic rings. The zero-order chi connectivity index (χ0) is 12.8. The van der Waals surface area contributed by atoms with E-state index >= 15 is 0 Å². The second kappa shape index (κ2) is 7.07. The van der Waals surface area contributed by atoms with Crippen LogP contribution in [-0.2, 0) is 18.9 Å². The van der Waals surface area contributed by atoms with Crippen LogP contribution in [0.3, 0.4) is 0 Å². The van der Waals surface area contributed by atoms with Crippen LogP contribution in [0.2, 0.25) is 9.26 Å². The SMILES string of the molecule is CC1=Cc2c(C(C)C)cccc2[CH]1[Zr]([CH3])([CH3])=[SiH2].Cl.Cl. The van der Waals surface area contributed by atoms with Crippen molar-refractivity contribution in [1.82, 2.24) is 0 Å². The molecule has 19 heavy (non-hydrogen) atoms. The molecule has 4 heteroatoms. The normalized spacial score (nSPS) is 17.4. The molecule has 0 amide bonds. The summed E-state index contributed by atoms with van der Waals surface area (Å²) in [7, 11) is 0. The van der Waals surface area contributed by atoms with Crippen LogP contribution in [-0.4, -0.2) is 6.88 Å². The Hall–Kier alpha value is 0.640. The average molecular weight is 396 g/mol. The van der Waals surface area contributed by atoms with Gasteiger partial charge in [0, 0.05) is 0 Å². The summed E-state index contributed by atoms with van der Waals surface area (Å²) in [6.07, 6.45) is 2.46. The zero-order valence-electron chi connectivity index (χ0n) is 12.5. The molecule has 107 valence electrons. The molecule has 0 spiro atoms. The Bertz CT molecular complexity index is 529. The minimum atomic E-state index is -1.89. The molecule has 0 aromatic heterocycles. The maximum Gasteiger partial charge on any atom is -0.147 e. The predicted octanol–water partition coefficient (Wildman–Crippen LogP) is 4.91. The van der Waals surface area contributed by atoms with Gasteiger partial charge in [-0.05, 0) is 0 Å². The minimum Gasteiger partial charge on any atom is -0.147 e. The van der Waals surface area contributed by atoms with Crippen LogP contribution in [0.25, 0.3) is 6.08 Å². The molecular formula is C15H25Cl2SiZr. The summed E-state index contributed by atoms with van der Waals surface area (Å²) >= 11 is -1.89. The Morgan fingerprint density at radius 2 is 1.74 bits per heavy atom. The molecule has 1 aliphatic carbocycles. The Kier molecular flexibility index (Phi) is 7.31. The summed E-state index contributed by atoms with van der Waals surface area (Å²) in [6.45, 7) is 9.26. The van der Waals surface area contributed by atoms with Gasteiger partial charge in [-0.15, -0.1) is 24.8 Å². The molecule has 0 bridgehead atoms. The van der Waals surface area contributed by atoms with Gasteiger partial charge in [0.2, 0.25) is 0 Å². The van der Waals surface area contributed by atoms with Gasteiger partial charge in [-0.25, -0.2) is 0 Å². The summed E-state index contributed by atoms with van der Waals surface area (Å²) in [6, 6.07) is 6.93. The number of hydrogen-bond donors (Lipinski definition) is 0. The molecule has 0 saturated heterocycles. The molecule has 1 unspecified atom stereocenters. The van der Waals surface area contributed by atoms with Crippen molar-refractivity contribution in [2.45, 2.75) is 39.6 Å². The second-order valence-corrected chi connectivity index (χ2v) is 28.3. The Morgan fingerprint density at radius 3 is 2.21 bits per heavy atom. The first-order chi connectivity index (χ1) is 7.82. The van der Waals surface area contributed by atoms with Crippen LogP contribution in [0.1, 0.15) is 47.0 Å². The smallest absolute Gasteiger partial charge is 0.147 e. The zero-order valence-corrected chi connectivity index (χ0v) is 18.0. The van der Waals surface area contributed by atoms with E-state index in [1.165, 1.54) is 5.56 Å². The van der Waals surface area contributed by atoms with E-state index in [0.717, 1.165) is 3.63 Å². The van der Waals surface area contributed by atoms with Gasteiger partial charge in [0.25, 0.3) is 0 Å². The third-order valence-corrected chi connectivity index (χ3v) is 11.9. The average Bonchev–Trinajstić information content (AvgIpc) is 2.51. The summed E-state index contributed by atoms with van der Waals surface area (Å²) in [5.74, 6) is 0.630. The first kappa shape index (κ1) is 19.6. The first-order valence-corrected chi connectivity index (χ1v) is 18.7. The first-order valence-electron chi connectivity index (χ1n) is 6.48. The number of allylic oxidation sites excluding steroid dienone is 1. The van der Waals surface area contributed by atoms with E-state index in [9.17, 15) is 0 Å². The monoisotopic (exact) mass is 393 g/mol. The third kappa shape index (κ3) is 3.84. The Labute approximate surface area is 136 Å². The molecule has 1 aromatic carbocycles. The molecule has 0 heterocycles. The molecule has 2 rings (SSSR count). The van der Waals surface area contributed by atoms with E-state index in [1.807, 2.05) is 0 Å². The van der Waals surface area contributed by atoms with Crippen LogP contribution in [0.4, 0.5) is 0 Å². The molecule has 0 fully saturated rings. The van der Waals surface area contributed by atoms with E-state index in [-0.39, 0.29) is 24.8 Å². The minimum absolute atomic E-state index is 0. The van der Waals surface area contributed by atoms with Gasteiger partial charge < -0.3 is 0 Å². The number of fused-ring (bicyclic) bond motifs is 1. The van der Waals surface area contributed by atoms with Crippen molar-refractivity contribution in [3.63, 3.8) is 0 Å². The summed E-state index contributed by atoms with van der Waals surface area (Å²) < 4.78 is 5.93. The predicted molar refractivity (Wildman–Crippen MR) is 91.7 cm³/mol. The molecule has 0 nitrogen and oxygen atoms in total.